The third-order valence-corrected chi connectivity index (χ3v) is 5.15. The molecule has 90 valence electrons. The lowest BCUT2D eigenvalue weighted by molar-refractivity contribution is 0.441. The van der Waals surface area contributed by atoms with Crippen LogP contribution in [0.15, 0.2) is 0 Å². The molecule has 0 aromatic rings. The van der Waals surface area contributed by atoms with Crippen LogP contribution in [0.1, 0.15) is 52.9 Å². The Hall–Kier alpha value is 0.310. The van der Waals surface area contributed by atoms with Gasteiger partial charge in [-0.2, -0.15) is 11.8 Å². The molecule has 3 atom stereocenters. The predicted octanol–water partition coefficient (Wildman–Crippen LogP) is 3.69. The molecule has 1 aliphatic carbocycles. The van der Waals surface area contributed by atoms with Gasteiger partial charge in [0, 0.05) is 11.3 Å². The average molecular weight is 229 g/mol. The zero-order valence-corrected chi connectivity index (χ0v) is 11.4. The van der Waals surface area contributed by atoms with Gasteiger partial charge in [-0.25, -0.2) is 0 Å². The van der Waals surface area contributed by atoms with Crippen molar-refractivity contribution in [3.05, 3.63) is 0 Å². The van der Waals surface area contributed by atoms with E-state index in [1.54, 1.807) is 0 Å². The molecule has 0 amide bonds. The molecule has 0 aromatic carbocycles. The molecule has 2 heteroatoms. The van der Waals surface area contributed by atoms with Crippen LogP contribution in [-0.4, -0.2) is 23.6 Å². The van der Waals surface area contributed by atoms with E-state index in [1.807, 2.05) is 0 Å². The molecule has 0 spiro atoms. The normalized spacial score (nSPS) is 31.0. The molecule has 0 radical (unpaired) electrons. The van der Waals surface area contributed by atoms with Gasteiger partial charge in [-0.3, -0.25) is 0 Å². The van der Waals surface area contributed by atoms with Crippen molar-refractivity contribution in [1.29, 1.82) is 0 Å². The molecule has 1 N–H and O–H groups in total. The second kappa shape index (κ2) is 7.56. The quantitative estimate of drug-likeness (QED) is 0.668. The molecule has 1 rings (SSSR count). The highest BCUT2D eigenvalue weighted by Crippen LogP contribution is 2.35. The fourth-order valence-corrected chi connectivity index (χ4v) is 3.97. The van der Waals surface area contributed by atoms with Crippen LogP contribution in [0.5, 0.6) is 0 Å². The first kappa shape index (κ1) is 13.4. The Labute approximate surface area is 99.8 Å². The highest BCUT2D eigenvalue weighted by Gasteiger charge is 2.31. The van der Waals surface area contributed by atoms with E-state index < -0.39 is 0 Å². The Balaban J connectivity index is 2.15. The lowest BCUT2D eigenvalue weighted by atomic mass is 10.1. The maximum atomic E-state index is 3.61. The summed E-state index contributed by atoms with van der Waals surface area (Å²) in [6, 6.07) is 0.790. The van der Waals surface area contributed by atoms with Crippen LogP contribution in [0.2, 0.25) is 0 Å². The SMILES string of the molecule is CCCCCSC1CCC(NCC)C1C. The van der Waals surface area contributed by atoms with E-state index in [0.717, 1.165) is 23.8 Å². The Kier molecular flexibility index (Phi) is 6.74. The molecule has 1 nitrogen and oxygen atoms in total. The average Bonchev–Trinajstić information content (AvgIpc) is 2.57. The van der Waals surface area contributed by atoms with Crippen molar-refractivity contribution in [3.8, 4) is 0 Å². The van der Waals surface area contributed by atoms with Crippen LogP contribution in [0.3, 0.4) is 0 Å². The van der Waals surface area contributed by atoms with E-state index in [2.05, 4.69) is 37.8 Å². The van der Waals surface area contributed by atoms with Gasteiger partial charge in [-0.05, 0) is 37.5 Å². The Bertz CT molecular complexity index is 161. The lowest BCUT2D eigenvalue weighted by Gasteiger charge is -2.20. The van der Waals surface area contributed by atoms with Crippen LogP contribution in [-0.2, 0) is 0 Å². The third kappa shape index (κ3) is 4.36. The van der Waals surface area contributed by atoms with E-state index in [1.165, 1.54) is 37.9 Å². The van der Waals surface area contributed by atoms with Gasteiger partial charge >= 0.3 is 0 Å². The van der Waals surface area contributed by atoms with Crippen LogP contribution >= 0.6 is 11.8 Å². The number of thioether (sulfide) groups is 1. The molecular formula is C13H27NS. The predicted molar refractivity (Wildman–Crippen MR) is 71.6 cm³/mol. The number of hydrogen-bond donors (Lipinski definition) is 1. The van der Waals surface area contributed by atoms with Gasteiger partial charge in [0.2, 0.25) is 0 Å². The van der Waals surface area contributed by atoms with Crippen molar-refractivity contribution in [2.24, 2.45) is 5.92 Å². The number of unbranched alkanes of at least 4 members (excludes halogenated alkanes) is 2. The van der Waals surface area contributed by atoms with Gasteiger partial charge < -0.3 is 5.32 Å². The molecule has 0 bridgehead atoms. The lowest BCUT2D eigenvalue weighted by Crippen LogP contribution is -2.33. The first-order valence-corrected chi connectivity index (χ1v) is 7.69. The molecule has 1 fully saturated rings. The Morgan fingerprint density at radius 3 is 2.67 bits per heavy atom. The summed E-state index contributed by atoms with van der Waals surface area (Å²) in [5.41, 5.74) is 0. The van der Waals surface area contributed by atoms with Crippen molar-refractivity contribution in [2.75, 3.05) is 12.3 Å². The van der Waals surface area contributed by atoms with Gasteiger partial charge in [0.15, 0.2) is 0 Å². The van der Waals surface area contributed by atoms with Crippen LogP contribution in [0.4, 0.5) is 0 Å². The monoisotopic (exact) mass is 229 g/mol. The summed E-state index contributed by atoms with van der Waals surface area (Å²) in [4.78, 5) is 0. The summed E-state index contributed by atoms with van der Waals surface area (Å²) < 4.78 is 0. The zero-order chi connectivity index (χ0) is 11.1. The fourth-order valence-electron chi connectivity index (χ4n) is 2.50. The van der Waals surface area contributed by atoms with E-state index in [9.17, 15) is 0 Å². The maximum absolute atomic E-state index is 3.61. The molecule has 0 aromatic heterocycles. The molecule has 1 saturated carbocycles. The zero-order valence-electron chi connectivity index (χ0n) is 10.6. The minimum atomic E-state index is 0.790. The van der Waals surface area contributed by atoms with Crippen molar-refractivity contribution < 1.29 is 0 Å². The van der Waals surface area contributed by atoms with Crippen molar-refractivity contribution >= 4 is 11.8 Å². The van der Waals surface area contributed by atoms with Crippen molar-refractivity contribution in [2.45, 2.75) is 64.2 Å². The van der Waals surface area contributed by atoms with E-state index >= 15 is 0 Å². The van der Waals surface area contributed by atoms with Crippen LogP contribution in [0.25, 0.3) is 0 Å². The van der Waals surface area contributed by atoms with E-state index in [0.29, 0.717) is 0 Å². The topological polar surface area (TPSA) is 12.0 Å². The van der Waals surface area contributed by atoms with Crippen molar-refractivity contribution in [1.82, 2.24) is 5.32 Å². The highest BCUT2D eigenvalue weighted by atomic mass is 32.2. The van der Waals surface area contributed by atoms with Gasteiger partial charge in [-0.15, -0.1) is 0 Å². The van der Waals surface area contributed by atoms with Crippen molar-refractivity contribution in [3.63, 3.8) is 0 Å². The van der Waals surface area contributed by atoms with E-state index in [-0.39, 0.29) is 0 Å². The summed E-state index contributed by atoms with van der Waals surface area (Å²) in [5, 5.41) is 4.53. The molecule has 0 heterocycles. The number of hydrogen-bond acceptors (Lipinski definition) is 2. The van der Waals surface area contributed by atoms with Gasteiger partial charge in [0.25, 0.3) is 0 Å². The summed E-state index contributed by atoms with van der Waals surface area (Å²) in [7, 11) is 0. The molecule has 0 aliphatic heterocycles. The maximum Gasteiger partial charge on any atom is 0.0103 e. The Morgan fingerprint density at radius 2 is 2.00 bits per heavy atom. The minimum absolute atomic E-state index is 0.790. The summed E-state index contributed by atoms with van der Waals surface area (Å²) >= 11 is 2.22. The number of nitrogens with one attached hydrogen (secondary N) is 1. The first-order valence-electron chi connectivity index (χ1n) is 6.64. The Morgan fingerprint density at radius 1 is 1.20 bits per heavy atom. The third-order valence-electron chi connectivity index (χ3n) is 3.53. The molecule has 3 unspecified atom stereocenters. The fraction of sp³-hybridized carbons (Fsp3) is 1.00. The molecular weight excluding hydrogens is 202 g/mol. The van der Waals surface area contributed by atoms with Gasteiger partial charge in [-0.1, -0.05) is 33.6 Å². The second-order valence-electron chi connectivity index (χ2n) is 4.72. The molecule has 15 heavy (non-hydrogen) atoms. The minimum Gasteiger partial charge on any atom is -0.314 e. The second-order valence-corrected chi connectivity index (χ2v) is 6.06. The van der Waals surface area contributed by atoms with Crippen LogP contribution < -0.4 is 5.32 Å². The summed E-state index contributed by atoms with van der Waals surface area (Å²) in [6.45, 7) is 8.05. The number of rotatable bonds is 7. The highest BCUT2D eigenvalue weighted by molar-refractivity contribution is 7.99. The van der Waals surface area contributed by atoms with Gasteiger partial charge in [0.05, 0.1) is 0 Å². The molecule has 1 aliphatic rings. The smallest absolute Gasteiger partial charge is 0.0103 e. The van der Waals surface area contributed by atoms with Crippen LogP contribution in [0, 0.1) is 5.92 Å². The summed E-state index contributed by atoms with van der Waals surface area (Å²) in [6.07, 6.45) is 6.98. The molecule has 0 saturated heterocycles. The largest absolute Gasteiger partial charge is 0.314 e. The first-order chi connectivity index (χ1) is 7.29. The van der Waals surface area contributed by atoms with E-state index in [4.69, 9.17) is 0 Å². The summed E-state index contributed by atoms with van der Waals surface area (Å²) in [5.74, 6) is 2.25. The van der Waals surface area contributed by atoms with Gasteiger partial charge in [0.1, 0.15) is 0 Å². The standard InChI is InChI=1S/C13H27NS/c1-4-6-7-10-15-13-9-8-12(11(13)3)14-5-2/h11-14H,4-10H2,1-3H3.